The van der Waals surface area contributed by atoms with E-state index in [-0.39, 0.29) is 13.2 Å². The summed E-state index contributed by atoms with van der Waals surface area (Å²) >= 11 is 0. The second kappa shape index (κ2) is 11.9. The number of ether oxygens (including phenoxy) is 2. The minimum atomic E-state index is -1.46. The molecule has 0 heterocycles. The van der Waals surface area contributed by atoms with Crippen LogP contribution in [-0.4, -0.2) is 25.2 Å². The molecule has 0 aromatic carbocycles. The molecule has 0 saturated heterocycles. The van der Waals surface area contributed by atoms with Crippen LogP contribution in [0.3, 0.4) is 0 Å². The first kappa shape index (κ1) is 22.4. The zero-order chi connectivity index (χ0) is 18.6. The molecule has 2 atom stereocenters. The summed E-state index contributed by atoms with van der Waals surface area (Å²) < 4.78 is 10.4. The van der Waals surface area contributed by atoms with E-state index in [1.807, 2.05) is 13.8 Å². The third-order valence-corrected chi connectivity index (χ3v) is 4.22. The molecule has 0 spiro atoms. The van der Waals surface area contributed by atoms with E-state index >= 15 is 0 Å². The zero-order valence-electron chi connectivity index (χ0n) is 15.9. The van der Waals surface area contributed by atoms with Crippen molar-refractivity contribution in [2.24, 2.45) is 17.3 Å². The van der Waals surface area contributed by atoms with Crippen molar-refractivity contribution in [3.05, 3.63) is 0 Å². The van der Waals surface area contributed by atoms with Crippen LogP contribution in [0.25, 0.3) is 0 Å². The topological polar surface area (TPSA) is 76.4 Å². The number of nitriles is 1. The molecule has 0 aromatic heterocycles. The lowest BCUT2D eigenvalue weighted by Gasteiger charge is -2.32. The van der Waals surface area contributed by atoms with Crippen LogP contribution in [0.4, 0.5) is 0 Å². The number of unbranched alkanes of at least 4 members (excludes halogenated alkanes) is 2. The van der Waals surface area contributed by atoms with Gasteiger partial charge in [-0.3, -0.25) is 9.59 Å². The van der Waals surface area contributed by atoms with Gasteiger partial charge in [0.25, 0.3) is 0 Å². The normalized spacial score (nSPS) is 14.5. The van der Waals surface area contributed by atoms with Gasteiger partial charge in [0.15, 0.2) is 5.41 Å². The SMILES string of the molecule is CCCCCC(C(=O)OCC)C(C#N)(CCC(C)C)C(=O)OCC. The fourth-order valence-corrected chi connectivity index (χ4v) is 2.78. The van der Waals surface area contributed by atoms with Gasteiger partial charge in [-0.15, -0.1) is 0 Å². The van der Waals surface area contributed by atoms with E-state index in [0.717, 1.165) is 19.3 Å². The zero-order valence-corrected chi connectivity index (χ0v) is 15.9. The van der Waals surface area contributed by atoms with Gasteiger partial charge in [-0.05, 0) is 39.0 Å². The molecule has 0 saturated carbocycles. The van der Waals surface area contributed by atoms with Crippen LogP contribution in [0.1, 0.15) is 73.1 Å². The van der Waals surface area contributed by atoms with Crippen molar-refractivity contribution < 1.29 is 19.1 Å². The summed E-state index contributed by atoms with van der Waals surface area (Å²) in [5.74, 6) is -1.51. The Labute approximate surface area is 146 Å². The Morgan fingerprint density at radius 3 is 2.12 bits per heavy atom. The Bertz CT molecular complexity index is 428. The van der Waals surface area contributed by atoms with Crippen LogP contribution >= 0.6 is 0 Å². The highest BCUT2D eigenvalue weighted by Crippen LogP contribution is 2.39. The molecule has 0 amide bonds. The van der Waals surface area contributed by atoms with Crippen molar-refractivity contribution in [1.82, 2.24) is 0 Å². The highest BCUT2D eigenvalue weighted by atomic mass is 16.5. The molecule has 0 aromatic rings. The number of rotatable bonds is 12. The first-order valence-electron chi connectivity index (χ1n) is 9.14. The van der Waals surface area contributed by atoms with E-state index in [1.165, 1.54) is 0 Å². The van der Waals surface area contributed by atoms with Crippen LogP contribution in [0.15, 0.2) is 0 Å². The van der Waals surface area contributed by atoms with E-state index in [0.29, 0.717) is 25.2 Å². The molecular weight excluding hydrogens is 306 g/mol. The van der Waals surface area contributed by atoms with Crippen molar-refractivity contribution in [1.29, 1.82) is 5.26 Å². The van der Waals surface area contributed by atoms with Gasteiger partial charge < -0.3 is 9.47 Å². The maximum atomic E-state index is 12.6. The van der Waals surface area contributed by atoms with Crippen molar-refractivity contribution >= 4 is 11.9 Å². The molecule has 0 N–H and O–H groups in total. The molecular formula is C19H33NO4. The Morgan fingerprint density at radius 2 is 1.67 bits per heavy atom. The number of carbonyl (C=O) groups excluding carboxylic acids is 2. The van der Waals surface area contributed by atoms with Gasteiger partial charge >= 0.3 is 11.9 Å². The van der Waals surface area contributed by atoms with E-state index in [1.54, 1.807) is 13.8 Å². The number of hydrogen-bond acceptors (Lipinski definition) is 5. The van der Waals surface area contributed by atoms with E-state index in [2.05, 4.69) is 13.0 Å². The summed E-state index contributed by atoms with van der Waals surface area (Å²) in [6.45, 7) is 9.99. The highest BCUT2D eigenvalue weighted by Gasteiger charge is 2.51. The van der Waals surface area contributed by atoms with Crippen LogP contribution in [0.5, 0.6) is 0 Å². The first-order chi connectivity index (χ1) is 11.4. The lowest BCUT2D eigenvalue weighted by molar-refractivity contribution is -0.166. The average Bonchev–Trinajstić information content (AvgIpc) is 2.54. The first-order valence-corrected chi connectivity index (χ1v) is 9.14. The van der Waals surface area contributed by atoms with Crippen molar-refractivity contribution in [3.63, 3.8) is 0 Å². The predicted molar refractivity (Wildman–Crippen MR) is 93.0 cm³/mol. The fourth-order valence-electron chi connectivity index (χ4n) is 2.78. The monoisotopic (exact) mass is 339 g/mol. The highest BCUT2D eigenvalue weighted by molar-refractivity contribution is 5.88. The largest absolute Gasteiger partial charge is 0.466 e. The van der Waals surface area contributed by atoms with Gasteiger partial charge in [-0.2, -0.15) is 5.26 Å². The molecule has 5 heteroatoms. The van der Waals surface area contributed by atoms with Crippen molar-refractivity contribution in [3.8, 4) is 6.07 Å². The van der Waals surface area contributed by atoms with Gasteiger partial charge in [0.1, 0.15) is 0 Å². The molecule has 0 bridgehead atoms. The lowest BCUT2D eigenvalue weighted by atomic mass is 9.70. The molecule has 138 valence electrons. The number of nitrogens with zero attached hydrogens (tertiary/aromatic N) is 1. The lowest BCUT2D eigenvalue weighted by Crippen LogP contribution is -2.44. The summed E-state index contributed by atoms with van der Waals surface area (Å²) in [6.07, 6.45) is 4.19. The predicted octanol–water partition coefficient (Wildman–Crippen LogP) is 4.26. The van der Waals surface area contributed by atoms with E-state index in [9.17, 15) is 14.9 Å². The molecule has 24 heavy (non-hydrogen) atoms. The molecule has 2 unspecified atom stereocenters. The summed E-state index contributed by atoms with van der Waals surface area (Å²) in [4.78, 5) is 25.2. The third kappa shape index (κ3) is 6.51. The molecule has 0 rings (SSSR count). The number of esters is 2. The van der Waals surface area contributed by atoms with Gasteiger partial charge in [-0.25, -0.2) is 0 Å². The van der Waals surface area contributed by atoms with Gasteiger partial charge in [0, 0.05) is 0 Å². The molecule has 0 aliphatic carbocycles. The number of hydrogen-bond donors (Lipinski definition) is 0. The van der Waals surface area contributed by atoms with Gasteiger partial charge in [-0.1, -0.05) is 40.0 Å². The maximum absolute atomic E-state index is 12.6. The summed E-state index contributed by atoms with van der Waals surface area (Å²) in [7, 11) is 0. The summed E-state index contributed by atoms with van der Waals surface area (Å²) in [6, 6.07) is 2.15. The molecule has 5 nitrogen and oxygen atoms in total. The quantitative estimate of drug-likeness (QED) is 0.392. The van der Waals surface area contributed by atoms with Gasteiger partial charge in [0.05, 0.1) is 25.2 Å². The van der Waals surface area contributed by atoms with Crippen molar-refractivity contribution in [2.75, 3.05) is 13.2 Å². The van der Waals surface area contributed by atoms with E-state index in [4.69, 9.17) is 9.47 Å². The fraction of sp³-hybridized carbons (Fsp3) is 0.842. The Morgan fingerprint density at radius 1 is 1.04 bits per heavy atom. The Hall–Kier alpha value is -1.57. The minimum absolute atomic E-state index is 0.189. The van der Waals surface area contributed by atoms with Crippen LogP contribution in [-0.2, 0) is 19.1 Å². The summed E-state index contributed by atoms with van der Waals surface area (Å²) in [5.41, 5.74) is -1.46. The van der Waals surface area contributed by atoms with Gasteiger partial charge in [0.2, 0.25) is 0 Å². The second-order valence-electron chi connectivity index (χ2n) is 6.54. The van der Waals surface area contributed by atoms with Crippen LogP contribution in [0, 0.1) is 28.6 Å². The maximum Gasteiger partial charge on any atom is 0.327 e. The minimum Gasteiger partial charge on any atom is -0.466 e. The third-order valence-electron chi connectivity index (χ3n) is 4.22. The van der Waals surface area contributed by atoms with Crippen molar-refractivity contribution in [2.45, 2.75) is 73.1 Å². The van der Waals surface area contributed by atoms with Crippen LogP contribution in [0.2, 0.25) is 0 Å². The smallest absolute Gasteiger partial charge is 0.327 e. The molecule has 0 fully saturated rings. The molecule has 0 aliphatic heterocycles. The van der Waals surface area contributed by atoms with E-state index < -0.39 is 23.3 Å². The Kier molecular flexibility index (Phi) is 11.1. The van der Waals surface area contributed by atoms with Crippen LogP contribution < -0.4 is 0 Å². The number of carbonyl (C=O) groups is 2. The summed E-state index contributed by atoms with van der Waals surface area (Å²) in [5, 5.41) is 9.87. The standard InChI is InChI=1S/C19H33NO4/c1-6-9-10-11-16(17(21)23-7-2)19(14-20,13-12-15(4)5)18(22)24-8-3/h15-16H,6-13H2,1-5H3. The second-order valence-corrected chi connectivity index (χ2v) is 6.54. The molecule has 0 radical (unpaired) electrons. The average molecular weight is 339 g/mol. The molecule has 0 aliphatic rings. The Balaban J connectivity index is 5.69.